The van der Waals surface area contributed by atoms with Gasteiger partial charge in [0.15, 0.2) is 0 Å². The third kappa shape index (κ3) is 8.38. The summed E-state index contributed by atoms with van der Waals surface area (Å²) in [5.41, 5.74) is 7.55. The lowest BCUT2D eigenvalue weighted by Gasteiger charge is -2.21. The van der Waals surface area contributed by atoms with E-state index in [0.717, 1.165) is 11.1 Å². The molecule has 7 nitrogen and oxygen atoms in total. The van der Waals surface area contributed by atoms with E-state index < -0.39 is 10.0 Å². The first-order chi connectivity index (χ1) is 17.0. The molecule has 0 radical (unpaired) electrons. The second-order valence-electron chi connectivity index (χ2n) is 7.57. The molecule has 4 N–H and O–H groups in total. The summed E-state index contributed by atoms with van der Waals surface area (Å²) in [7, 11) is -3.58. The molecule has 0 saturated carbocycles. The Bertz CT molecular complexity index is 1400. The van der Waals surface area contributed by atoms with Gasteiger partial charge in [-0.1, -0.05) is 58.5 Å². The lowest BCUT2D eigenvalue weighted by atomic mass is 10.1. The molecule has 0 aliphatic heterocycles. The van der Waals surface area contributed by atoms with Crippen LogP contribution in [-0.4, -0.2) is 18.0 Å². The van der Waals surface area contributed by atoms with Crippen LogP contribution in [0.15, 0.2) is 84.3 Å². The number of hydrogen-bond donors (Lipinski definition) is 2. The zero-order valence-corrected chi connectivity index (χ0v) is 22.5. The van der Waals surface area contributed by atoms with Gasteiger partial charge < -0.3 is 15.0 Å². The summed E-state index contributed by atoms with van der Waals surface area (Å²) in [6, 6.07) is 16.4. The number of nitrogens with zero attached hydrogens (tertiary/aromatic N) is 2. The summed E-state index contributed by atoms with van der Waals surface area (Å²) in [4.78, 5) is 4.14. The fraction of sp³-hybridized carbons (Fsp3) is 0.125. The molecule has 12 heteroatoms. The van der Waals surface area contributed by atoms with E-state index in [0.29, 0.717) is 38.9 Å². The lowest BCUT2D eigenvalue weighted by Crippen LogP contribution is -2.12. The van der Waals surface area contributed by atoms with Crippen LogP contribution in [0.3, 0.4) is 0 Å². The van der Waals surface area contributed by atoms with Crippen LogP contribution in [0.2, 0.25) is 20.1 Å². The number of sulfonamides is 1. The van der Waals surface area contributed by atoms with Crippen molar-refractivity contribution in [2.24, 2.45) is 5.14 Å². The van der Waals surface area contributed by atoms with Crippen molar-refractivity contribution >= 4 is 62.1 Å². The second kappa shape index (κ2) is 12.8. The number of imidazole rings is 1. The number of nitrogen functional groups attached to an aromatic ring is 1. The van der Waals surface area contributed by atoms with E-state index in [4.69, 9.17) is 62.0 Å². The van der Waals surface area contributed by atoms with Crippen LogP contribution in [0.25, 0.3) is 0 Å². The van der Waals surface area contributed by atoms with Crippen LogP contribution < -0.4 is 10.9 Å². The van der Waals surface area contributed by atoms with E-state index in [-0.39, 0.29) is 11.0 Å². The summed E-state index contributed by atoms with van der Waals surface area (Å²) < 4.78 is 29.4. The molecule has 1 atom stereocenters. The summed E-state index contributed by atoms with van der Waals surface area (Å²) in [6.45, 7) is 0.890. The van der Waals surface area contributed by atoms with E-state index in [1.165, 1.54) is 24.3 Å². The maximum absolute atomic E-state index is 10.7. The number of ether oxygens (including phenoxy) is 1. The third-order valence-electron chi connectivity index (χ3n) is 4.91. The van der Waals surface area contributed by atoms with Crippen molar-refractivity contribution in [3.63, 3.8) is 0 Å². The average Bonchev–Trinajstić information content (AvgIpc) is 3.31. The molecule has 0 amide bonds. The number of halogens is 4. The predicted octanol–water partition coefficient (Wildman–Crippen LogP) is 6.37. The van der Waals surface area contributed by atoms with Crippen LogP contribution in [0, 0.1) is 0 Å². The van der Waals surface area contributed by atoms with Crippen molar-refractivity contribution in [2.75, 3.05) is 5.73 Å². The first-order valence-electron chi connectivity index (χ1n) is 10.4. The quantitative estimate of drug-likeness (QED) is 0.244. The summed E-state index contributed by atoms with van der Waals surface area (Å²) in [5.74, 6) is 0. The molecule has 0 bridgehead atoms. The highest BCUT2D eigenvalue weighted by Crippen LogP contribution is 2.31. The van der Waals surface area contributed by atoms with Crippen LogP contribution in [0.5, 0.6) is 0 Å². The second-order valence-corrected chi connectivity index (χ2v) is 10.8. The lowest BCUT2D eigenvalue weighted by molar-refractivity contribution is 0.0281. The number of primary sulfonamides is 1. The predicted molar refractivity (Wildman–Crippen MR) is 145 cm³/mol. The van der Waals surface area contributed by atoms with Gasteiger partial charge in [0.2, 0.25) is 10.0 Å². The van der Waals surface area contributed by atoms with Gasteiger partial charge in [0.05, 0.1) is 24.4 Å². The van der Waals surface area contributed by atoms with Gasteiger partial charge >= 0.3 is 0 Å². The smallest absolute Gasteiger partial charge is 0.238 e. The van der Waals surface area contributed by atoms with E-state index in [2.05, 4.69) is 4.98 Å². The summed E-state index contributed by atoms with van der Waals surface area (Å²) in [5, 5.41) is 7.13. The topological polar surface area (TPSA) is 113 Å². The van der Waals surface area contributed by atoms with E-state index in [9.17, 15) is 8.42 Å². The van der Waals surface area contributed by atoms with Gasteiger partial charge in [-0.15, -0.1) is 0 Å². The Hall–Kier alpha value is -2.30. The minimum Gasteiger partial charge on any atom is -0.399 e. The molecule has 0 saturated heterocycles. The third-order valence-corrected chi connectivity index (χ3v) is 6.99. The molecule has 0 aliphatic carbocycles. The van der Waals surface area contributed by atoms with E-state index in [1.807, 2.05) is 22.9 Å². The molecule has 4 aromatic rings. The van der Waals surface area contributed by atoms with Crippen molar-refractivity contribution < 1.29 is 13.2 Å². The minimum absolute atomic E-state index is 0.0756. The number of benzene rings is 3. The summed E-state index contributed by atoms with van der Waals surface area (Å²) in [6.07, 6.45) is 5.03. The molecule has 0 spiro atoms. The van der Waals surface area contributed by atoms with E-state index in [1.54, 1.807) is 36.8 Å². The summed E-state index contributed by atoms with van der Waals surface area (Å²) >= 11 is 24.5. The number of anilines is 1. The number of hydrogen-bond acceptors (Lipinski definition) is 5. The van der Waals surface area contributed by atoms with Crippen LogP contribution >= 0.6 is 46.4 Å². The molecule has 1 heterocycles. The van der Waals surface area contributed by atoms with Crippen molar-refractivity contribution in [3.05, 3.63) is 111 Å². The van der Waals surface area contributed by atoms with Crippen LogP contribution in [0.4, 0.5) is 5.69 Å². The monoisotopic (exact) mass is 586 g/mol. The number of nitrogens with two attached hydrogens (primary N) is 2. The molecular weight excluding hydrogens is 566 g/mol. The molecule has 1 unspecified atom stereocenters. The van der Waals surface area contributed by atoms with Crippen LogP contribution in [0.1, 0.15) is 17.2 Å². The highest BCUT2D eigenvalue weighted by molar-refractivity contribution is 7.89. The Morgan fingerprint density at radius 3 is 2.11 bits per heavy atom. The molecular formula is C24H22Cl4N4O3S. The first kappa shape index (κ1) is 28.3. The average molecular weight is 588 g/mol. The minimum atomic E-state index is -3.58. The van der Waals surface area contributed by atoms with Gasteiger partial charge in [-0.25, -0.2) is 18.5 Å². The Balaban J connectivity index is 0.000000275. The Morgan fingerprint density at radius 2 is 1.56 bits per heavy atom. The van der Waals surface area contributed by atoms with Crippen LogP contribution in [-0.2, 0) is 27.9 Å². The largest absolute Gasteiger partial charge is 0.399 e. The molecule has 4 rings (SSSR count). The molecule has 1 aromatic heterocycles. The first-order valence-corrected chi connectivity index (χ1v) is 13.4. The normalized spacial score (nSPS) is 12.0. The molecule has 0 fully saturated rings. The Morgan fingerprint density at radius 1 is 0.917 bits per heavy atom. The van der Waals surface area contributed by atoms with Crippen molar-refractivity contribution in [2.45, 2.75) is 24.2 Å². The van der Waals surface area contributed by atoms with Gasteiger partial charge in [0.25, 0.3) is 0 Å². The standard InChI is InChI=1S/C18H14Cl4N2O.C6H8N2O2S/c19-13-2-1-12(16(21)7-13)10-25-18(9-24-6-5-23-11-24)15-4-3-14(20)8-17(15)22;7-5-1-3-6(4-2-5)11(8,9)10/h1-8,11,18H,9-10H2;1-4H,7H2,(H2,8,9,10). The number of aromatic nitrogens is 2. The number of rotatable bonds is 7. The maximum Gasteiger partial charge on any atom is 0.238 e. The molecule has 0 aliphatic rings. The van der Waals surface area contributed by atoms with Gasteiger partial charge in [-0.05, 0) is 54.1 Å². The van der Waals surface area contributed by atoms with Gasteiger partial charge in [0, 0.05) is 43.7 Å². The Kier molecular flexibility index (Phi) is 10.0. The van der Waals surface area contributed by atoms with Crippen molar-refractivity contribution in [3.8, 4) is 0 Å². The van der Waals surface area contributed by atoms with E-state index >= 15 is 0 Å². The van der Waals surface area contributed by atoms with Crippen molar-refractivity contribution in [1.82, 2.24) is 9.55 Å². The fourth-order valence-electron chi connectivity index (χ4n) is 3.08. The fourth-order valence-corrected chi connectivity index (χ4v) is 4.58. The van der Waals surface area contributed by atoms with Gasteiger partial charge in [-0.3, -0.25) is 0 Å². The van der Waals surface area contributed by atoms with Gasteiger partial charge in [-0.2, -0.15) is 0 Å². The molecule has 190 valence electrons. The maximum atomic E-state index is 10.7. The molecule has 3 aromatic carbocycles. The molecule has 36 heavy (non-hydrogen) atoms. The highest BCUT2D eigenvalue weighted by Gasteiger charge is 2.17. The van der Waals surface area contributed by atoms with Crippen molar-refractivity contribution in [1.29, 1.82) is 0 Å². The Labute approximate surface area is 229 Å². The van der Waals surface area contributed by atoms with Gasteiger partial charge in [0.1, 0.15) is 6.10 Å². The zero-order chi connectivity index (χ0) is 26.3. The zero-order valence-electron chi connectivity index (χ0n) is 18.7. The SMILES string of the molecule is Clc1ccc(COC(Cn2ccnc2)c2ccc(Cl)cc2Cl)c(Cl)c1.Nc1ccc(S(N)(=O)=O)cc1. The highest BCUT2D eigenvalue weighted by atomic mass is 35.5.